The Morgan fingerprint density at radius 3 is 1.42 bits per heavy atom. The molecule has 26 heavy (non-hydrogen) atoms. The molecule has 4 aromatic carbocycles. The lowest BCUT2D eigenvalue weighted by molar-refractivity contribution is 0.474. The molecule has 4 rings (SSSR count). The first-order valence-corrected chi connectivity index (χ1v) is 8.22. The minimum Gasteiger partial charge on any atom is -0.507 e. The summed E-state index contributed by atoms with van der Waals surface area (Å²) in [5.74, 6) is 0.298. The Hall–Kier alpha value is -3.66. The molecule has 0 saturated carbocycles. The van der Waals surface area contributed by atoms with Crippen LogP contribution < -0.4 is 0 Å². The zero-order chi connectivity index (χ0) is 17.9. The molecule has 0 unspecified atom stereocenters. The van der Waals surface area contributed by atoms with Gasteiger partial charge in [0, 0.05) is 11.1 Å². The van der Waals surface area contributed by atoms with E-state index in [1.54, 1.807) is 12.1 Å². The molecule has 0 fully saturated rings. The zero-order valence-electron chi connectivity index (χ0n) is 13.9. The molecule has 0 bridgehead atoms. The summed E-state index contributed by atoms with van der Waals surface area (Å²) in [6, 6.07) is 22.5. The van der Waals surface area contributed by atoms with Crippen LogP contribution in [0.15, 0.2) is 83.0 Å². The smallest absolute Gasteiger partial charge is 0.125 e. The van der Waals surface area contributed by atoms with E-state index in [1.807, 2.05) is 60.7 Å². The number of hydrogen-bond acceptors (Lipinski definition) is 4. The standard InChI is InChI=1S/C22H16N2O2/c25-21-11-9-15-5-1-3-7-17(15)19(21)13-23-24-14-20-18-8-4-2-6-16(18)10-12-22(20)26/h1-14,25-26H/b23-13-,24-14-. The normalized spacial score (nSPS) is 11.8. The fraction of sp³-hybridized carbons (Fsp3) is 0. The van der Waals surface area contributed by atoms with Crippen LogP contribution in [0, 0.1) is 0 Å². The van der Waals surface area contributed by atoms with Gasteiger partial charge in [0.15, 0.2) is 0 Å². The van der Waals surface area contributed by atoms with Crippen molar-refractivity contribution in [2.24, 2.45) is 10.2 Å². The minimum atomic E-state index is 0.149. The van der Waals surface area contributed by atoms with Crippen LogP contribution in [-0.2, 0) is 0 Å². The van der Waals surface area contributed by atoms with Crippen LogP contribution in [-0.4, -0.2) is 22.6 Å². The topological polar surface area (TPSA) is 65.2 Å². The quantitative estimate of drug-likeness (QED) is 0.413. The highest BCUT2D eigenvalue weighted by Gasteiger charge is 2.05. The highest BCUT2D eigenvalue weighted by Crippen LogP contribution is 2.26. The van der Waals surface area contributed by atoms with E-state index in [4.69, 9.17) is 0 Å². The van der Waals surface area contributed by atoms with Gasteiger partial charge in [-0.15, -0.1) is 0 Å². The second kappa shape index (κ2) is 6.69. The van der Waals surface area contributed by atoms with Crippen molar-refractivity contribution in [1.29, 1.82) is 0 Å². The van der Waals surface area contributed by atoms with Crippen molar-refractivity contribution in [3.8, 4) is 11.5 Å². The predicted octanol–water partition coefficient (Wildman–Crippen LogP) is 4.86. The van der Waals surface area contributed by atoms with Crippen molar-refractivity contribution in [3.05, 3.63) is 83.9 Å². The van der Waals surface area contributed by atoms with E-state index in [-0.39, 0.29) is 11.5 Å². The van der Waals surface area contributed by atoms with E-state index in [9.17, 15) is 10.2 Å². The number of benzene rings is 4. The minimum absolute atomic E-state index is 0.149. The molecule has 4 nitrogen and oxygen atoms in total. The molecule has 0 radical (unpaired) electrons. The van der Waals surface area contributed by atoms with Crippen molar-refractivity contribution in [2.45, 2.75) is 0 Å². The SMILES string of the molecule is Oc1ccc2ccccc2c1/C=N\N=C/c1c(O)ccc2ccccc12. The molecule has 0 aliphatic carbocycles. The molecule has 0 spiro atoms. The first kappa shape index (κ1) is 15.8. The first-order valence-electron chi connectivity index (χ1n) is 8.22. The highest BCUT2D eigenvalue weighted by atomic mass is 16.3. The fourth-order valence-electron chi connectivity index (χ4n) is 3.02. The van der Waals surface area contributed by atoms with E-state index < -0.39 is 0 Å². The Kier molecular flexibility index (Phi) is 4.07. The third-order valence-electron chi connectivity index (χ3n) is 4.34. The molecule has 0 aliphatic rings. The predicted molar refractivity (Wildman–Crippen MR) is 106 cm³/mol. The summed E-state index contributed by atoms with van der Waals surface area (Å²) in [5, 5.41) is 32.2. The van der Waals surface area contributed by atoms with Crippen LogP contribution in [0.3, 0.4) is 0 Å². The summed E-state index contributed by atoms with van der Waals surface area (Å²) in [6.07, 6.45) is 3.05. The maximum atomic E-state index is 10.1. The van der Waals surface area contributed by atoms with Crippen LogP contribution in [0.2, 0.25) is 0 Å². The largest absolute Gasteiger partial charge is 0.507 e. The van der Waals surface area contributed by atoms with Crippen molar-refractivity contribution >= 4 is 34.0 Å². The monoisotopic (exact) mass is 340 g/mol. The number of fused-ring (bicyclic) bond motifs is 2. The molecular weight excluding hydrogens is 324 g/mol. The maximum absolute atomic E-state index is 10.1. The Morgan fingerprint density at radius 2 is 0.962 bits per heavy atom. The van der Waals surface area contributed by atoms with E-state index >= 15 is 0 Å². The molecule has 0 heterocycles. The Balaban J connectivity index is 1.70. The van der Waals surface area contributed by atoms with Gasteiger partial charge in [0.05, 0.1) is 12.4 Å². The summed E-state index contributed by atoms with van der Waals surface area (Å²) in [6.45, 7) is 0. The molecule has 0 aromatic heterocycles. The Bertz CT molecular complexity index is 1070. The van der Waals surface area contributed by atoms with Crippen molar-refractivity contribution < 1.29 is 10.2 Å². The second-order valence-corrected chi connectivity index (χ2v) is 5.93. The van der Waals surface area contributed by atoms with Crippen molar-refractivity contribution in [2.75, 3.05) is 0 Å². The fourth-order valence-corrected chi connectivity index (χ4v) is 3.02. The third-order valence-corrected chi connectivity index (χ3v) is 4.34. The van der Waals surface area contributed by atoms with Gasteiger partial charge in [-0.1, -0.05) is 60.7 Å². The van der Waals surface area contributed by atoms with Crippen LogP contribution in [0.4, 0.5) is 0 Å². The van der Waals surface area contributed by atoms with Gasteiger partial charge in [-0.2, -0.15) is 10.2 Å². The summed E-state index contributed by atoms with van der Waals surface area (Å²) < 4.78 is 0. The third kappa shape index (κ3) is 2.89. The van der Waals surface area contributed by atoms with Crippen LogP contribution in [0.1, 0.15) is 11.1 Å². The van der Waals surface area contributed by atoms with Crippen LogP contribution >= 0.6 is 0 Å². The zero-order valence-corrected chi connectivity index (χ0v) is 13.9. The van der Waals surface area contributed by atoms with E-state index in [0.29, 0.717) is 11.1 Å². The van der Waals surface area contributed by atoms with E-state index in [1.165, 1.54) is 12.4 Å². The average molecular weight is 340 g/mol. The molecule has 0 aliphatic heterocycles. The van der Waals surface area contributed by atoms with Crippen molar-refractivity contribution in [1.82, 2.24) is 0 Å². The number of aromatic hydroxyl groups is 2. The number of nitrogens with zero attached hydrogens (tertiary/aromatic N) is 2. The van der Waals surface area contributed by atoms with Gasteiger partial charge in [0.1, 0.15) is 11.5 Å². The summed E-state index contributed by atoms with van der Waals surface area (Å²) >= 11 is 0. The lowest BCUT2D eigenvalue weighted by atomic mass is 10.0. The van der Waals surface area contributed by atoms with Gasteiger partial charge in [-0.3, -0.25) is 0 Å². The lowest BCUT2D eigenvalue weighted by Gasteiger charge is -2.04. The molecule has 0 saturated heterocycles. The lowest BCUT2D eigenvalue weighted by Crippen LogP contribution is -1.87. The van der Waals surface area contributed by atoms with Crippen LogP contribution in [0.5, 0.6) is 11.5 Å². The van der Waals surface area contributed by atoms with Gasteiger partial charge in [-0.25, -0.2) is 0 Å². The van der Waals surface area contributed by atoms with E-state index in [2.05, 4.69) is 10.2 Å². The second-order valence-electron chi connectivity index (χ2n) is 5.93. The Morgan fingerprint density at radius 1 is 0.538 bits per heavy atom. The van der Waals surface area contributed by atoms with Crippen molar-refractivity contribution in [3.63, 3.8) is 0 Å². The molecule has 126 valence electrons. The average Bonchev–Trinajstić information content (AvgIpc) is 2.68. The molecule has 2 N–H and O–H groups in total. The molecule has 0 amide bonds. The number of rotatable bonds is 3. The summed E-state index contributed by atoms with van der Waals surface area (Å²) in [4.78, 5) is 0. The van der Waals surface area contributed by atoms with Gasteiger partial charge in [0.25, 0.3) is 0 Å². The van der Waals surface area contributed by atoms with Gasteiger partial charge in [-0.05, 0) is 33.7 Å². The first-order chi connectivity index (χ1) is 12.7. The number of phenols is 2. The van der Waals surface area contributed by atoms with Gasteiger partial charge in [0.2, 0.25) is 0 Å². The van der Waals surface area contributed by atoms with Crippen LogP contribution in [0.25, 0.3) is 21.5 Å². The van der Waals surface area contributed by atoms with Gasteiger partial charge < -0.3 is 10.2 Å². The molecular formula is C22H16N2O2. The summed E-state index contributed by atoms with van der Waals surface area (Å²) in [5.41, 5.74) is 1.23. The number of phenolic OH excluding ortho intramolecular Hbond substituents is 2. The number of hydrogen-bond donors (Lipinski definition) is 2. The molecule has 4 aromatic rings. The highest BCUT2D eigenvalue weighted by molar-refractivity contribution is 6.04. The maximum Gasteiger partial charge on any atom is 0.125 e. The Labute approximate surface area is 150 Å². The van der Waals surface area contributed by atoms with E-state index in [0.717, 1.165) is 21.5 Å². The molecule has 4 heteroatoms. The molecule has 0 atom stereocenters. The summed E-state index contributed by atoms with van der Waals surface area (Å²) in [7, 11) is 0. The van der Waals surface area contributed by atoms with Gasteiger partial charge >= 0.3 is 0 Å².